The molecular weight excluding hydrogens is 782 g/mol. The molecule has 5 aromatic heterocycles. The van der Waals surface area contributed by atoms with E-state index in [2.05, 4.69) is 10.2 Å². The second kappa shape index (κ2) is 14.0. The van der Waals surface area contributed by atoms with Gasteiger partial charge in [-0.3, -0.25) is 4.79 Å². The van der Waals surface area contributed by atoms with E-state index in [1.807, 2.05) is 53.7 Å². The largest absolute Gasteiger partial charge is 0.504 e. The molecule has 0 fully saturated rings. The molecule has 11 nitrogen and oxygen atoms in total. The summed E-state index contributed by atoms with van der Waals surface area (Å²) in [6.07, 6.45) is -4.17. The summed E-state index contributed by atoms with van der Waals surface area (Å²) < 4.78 is 94.5. The Morgan fingerprint density at radius 3 is 1.67 bits per heavy atom. The normalized spacial score (nSPS) is 14.1. The van der Waals surface area contributed by atoms with Crippen molar-refractivity contribution in [2.24, 2.45) is 0 Å². The second-order valence-corrected chi connectivity index (χ2v) is 11.3. The van der Waals surface area contributed by atoms with Crippen LogP contribution in [0.15, 0.2) is 65.6 Å². The number of halogens is 6. The average molecular weight is 801 g/mol. The molecule has 2 aliphatic rings. The van der Waals surface area contributed by atoms with Gasteiger partial charge in [0.2, 0.25) is 5.76 Å². The zero-order valence-corrected chi connectivity index (χ0v) is 27.1. The fourth-order valence-corrected chi connectivity index (χ4v) is 6.03. The van der Waals surface area contributed by atoms with Gasteiger partial charge in [-0.15, -0.1) is 22.7 Å². The molecular formula is C28H19F6N5O6RuS2. The number of alkyl halides is 6. The maximum Gasteiger partial charge on any atom is 0.454 e. The van der Waals surface area contributed by atoms with E-state index in [4.69, 9.17) is 29.0 Å². The van der Waals surface area contributed by atoms with Crippen LogP contribution in [0.3, 0.4) is 0 Å². The maximum absolute atomic E-state index is 11.4. The maximum atomic E-state index is 11.4. The monoisotopic (exact) mass is 801 g/mol. The minimum atomic E-state index is -5.42. The molecule has 0 aliphatic carbocycles. The van der Waals surface area contributed by atoms with Crippen LogP contribution < -0.4 is 18.9 Å². The van der Waals surface area contributed by atoms with Crippen molar-refractivity contribution in [3.63, 3.8) is 0 Å². The van der Waals surface area contributed by atoms with Gasteiger partial charge in [0, 0.05) is 59.8 Å². The summed E-state index contributed by atoms with van der Waals surface area (Å²) in [4.78, 5) is 16.6. The molecule has 20 heteroatoms. The molecule has 0 amide bonds. The number of aliphatic hydroxyl groups excluding tert-OH is 1. The molecule has 2 aliphatic heterocycles. The molecule has 0 saturated carbocycles. The number of hydrogen-bond acceptors (Lipinski definition) is 11. The van der Waals surface area contributed by atoms with Crippen LogP contribution in [0.1, 0.15) is 0 Å². The van der Waals surface area contributed by atoms with Crippen LogP contribution in [-0.4, -0.2) is 74.2 Å². The number of ketones is 1. The van der Waals surface area contributed by atoms with Gasteiger partial charge in [0.1, 0.15) is 26.4 Å². The minimum Gasteiger partial charge on any atom is -0.504 e. The first kappa shape index (κ1) is 34.9. The molecule has 0 saturated heterocycles. The summed E-state index contributed by atoms with van der Waals surface area (Å²) in [7, 11) is 0. The van der Waals surface area contributed by atoms with Gasteiger partial charge in [0.05, 0.1) is 22.1 Å². The number of pyridine rings is 1. The van der Waals surface area contributed by atoms with Crippen LogP contribution in [-0.2, 0) is 24.3 Å². The predicted octanol–water partition coefficient (Wildman–Crippen LogP) is 6.57. The van der Waals surface area contributed by atoms with E-state index in [-0.39, 0.29) is 19.5 Å². The second-order valence-electron chi connectivity index (χ2n) is 9.50. The number of hydrogen-bond donors (Lipinski definition) is 1. The first-order chi connectivity index (χ1) is 22.4. The Bertz CT molecular complexity index is 1840. The van der Waals surface area contributed by atoms with Gasteiger partial charge in [-0.1, -0.05) is 6.07 Å². The van der Waals surface area contributed by atoms with Gasteiger partial charge in [-0.05, 0) is 12.1 Å². The molecule has 0 unspecified atom stereocenters. The molecule has 0 aromatic carbocycles. The molecule has 0 atom stereocenters. The van der Waals surface area contributed by atoms with Crippen molar-refractivity contribution in [2.45, 2.75) is 12.4 Å². The number of nitrogens with zero attached hydrogens (tertiary/aromatic N) is 5. The van der Waals surface area contributed by atoms with Crippen molar-refractivity contribution >= 4 is 28.5 Å². The van der Waals surface area contributed by atoms with Crippen molar-refractivity contribution < 1.29 is 74.7 Å². The Kier molecular flexibility index (Phi) is 10.2. The van der Waals surface area contributed by atoms with Crippen LogP contribution in [0, 0.1) is 0 Å². The van der Waals surface area contributed by atoms with Crippen LogP contribution in [0.25, 0.3) is 32.5 Å². The summed E-state index contributed by atoms with van der Waals surface area (Å²) >= 11 is 3.16. The van der Waals surface area contributed by atoms with E-state index in [0.29, 0.717) is 38.1 Å². The third kappa shape index (κ3) is 7.50. The van der Waals surface area contributed by atoms with Gasteiger partial charge in [-0.25, -0.2) is 14.3 Å². The zero-order chi connectivity index (χ0) is 33.3. The topological polar surface area (TPSA) is 123 Å². The van der Waals surface area contributed by atoms with E-state index in [9.17, 15) is 31.1 Å². The van der Waals surface area contributed by atoms with Gasteiger partial charge in [0.15, 0.2) is 34.6 Å². The molecule has 7 heterocycles. The van der Waals surface area contributed by atoms with Gasteiger partial charge in [-0.2, -0.15) is 36.5 Å². The molecule has 0 spiro atoms. The average Bonchev–Trinajstić information content (AvgIpc) is 3.86. The molecule has 0 bridgehead atoms. The fourth-order valence-electron chi connectivity index (χ4n) is 4.21. The Hall–Kier alpha value is -4.42. The third-order valence-corrected chi connectivity index (χ3v) is 8.30. The first-order valence-electron chi connectivity index (χ1n) is 13.3. The quantitative estimate of drug-likeness (QED) is 0.0911. The number of aliphatic hydroxyl groups is 1. The van der Waals surface area contributed by atoms with Crippen molar-refractivity contribution in [3.05, 3.63) is 65.6 Å². The number of allylic oxidation sites excluding steroid dienone is 2. The SMILES string of the molecule is O=C(/C=C(\O)C(F)(F)F)C(F)(F)F.[Ru].c1cc(-n2cc(-c3scc4c3OCCO4)cn2)nc(-n2cc(-c3scc4c3OCCO4)cn2)c1. The number of rotatable bonds is 5. The molecule has 254 valence electrons. The standard InChI is InChI=1S/C23H17N5O4S2.C5H2F6O2.Ru/c1-2-18(27-10-14(8-24-27)22-20-16(12-33-22)29-4-6-31-20)26-19(3-1)28-11-15(9-25-28)23-21-17(13-34-23)30-5-7-32-21;6-4(7,8)2(12)1-3(13)5(9,10)11;/h1-3,8-13H,4-7H2;1,12H;/b;2-1-;. The number of ether oxygens (including phenoxy) is 4. The van der Waals surface area contributed by atoms with Crippen LogP contribution in [0.5, 0.6) is 23.0 Å². The van der Waals surface area contributed by atoms with E-state index >= 15 is 0 Å². The van der Waals surface area contributed by atoms with E-state index in [0.717, 1.165) is 43.9 Å². The van der Waals surface area contributed by atoms with Crippen LogP contribution in [0.4, 0.5) is 26.3 Å². The first-order valence-corrected chi connectivity index (χ1v) is 15.1. The summed E-state index contributed by atoms with van der Waals surface area (Å²) in [5.74, 6) is -0.812. The minimum absolute atomic E-state index is 0. The molecule has 1 N–H and O–H groups in total. The molecule has 7 rings (SSSR count). The van der Waals surface area contributed by atoms with Crippen LogP contribution >= 0.6 is 22.7 Å². The summed E-state index contributed by atoms with van der Waals surface area (Å²) in [6.45, 7) is 2.25. The van der Waals surface area contributed by atoms with Crippen molar-refractivity contribution in [1.82, 2.24) is 24.5 Å². The van der Waals surface area contributed by atoms with Crippen molar-refractivity contribution in [1.29, 1.82) is 0 Å². The number of fused-ring (bicyclic) bond motifs is 2. The van der Waals surface area contributed by atoms with E-state index in [1.54, 1.807) is 32.0 Å². The van der Waals surface area contributed by atoms with Gasteiger partial charge >= 0.3 is 12.4 Å². The Balaban J connectivity index is 0.000000277. The summed E-state index contributed by atoms with van der Waals surface area (Å²) in [6, 6.07) is 5.76. The van der Waals surface area contributed by atoms with Gasteiger partial charge in [0.25, 0.3) is 5.78 Å². The zero-order valence-electron chi connectivity index (χ0n) is 23.8. The molecule has 5 aromatic rings. The summed E-state index contributed by atoms with van der Waals surface area (Å²) in [5, 5.41) is 20.9. The molecule has 0 radical (unpaired) electrons. The Morgan fingerprint density at radius 2 is 1.23 bits per heavy atom. The predicted molar refractivity (Wildman–Crippen MR) is 155 cm³/mol. The van der Waals surface area contributed by atoms with E-state index in [1.165, 1.54) is 0 Å². The number of thiophene rings is 2. The van der Waals surface area contributed by atoms with Gasteiger partial charge < -0.3 is 24.1 Å². The Labute approximate surface area is 286 Å². The Morgan fingerprint density at radius 1 is 0.771 bits per heavy atom. The van der Waals surface area contributed by atoms with Crippen LogP contribution in [0.2, 0.25) is 0 Å². The number of carbonyl (C=O) groups is 1. The smallest absolute Gasteiger partial charge is 0.454 e. The summed E-state index contributed by atoms with van der Waals surface area (Å²) in [5.41, 5.74) is 1.91. The van der Waals surface area contributed by atoms with E-state index < -0.39 is 30.0 Å². The molecule has 48 heavy (non-hydrogen) atoms. The fraction of sp³-hybridized carbons (Fsp3) is 0.214. The van der Waals surface area contributed by atoms with Crippen molar-refractivity contribution in [2.75, 3.05) is 26.4 Å². The third-order valence-electron chi connectivity index (χ3n) is 6.32. The number of carbonyl (C=O) groups excluding carboxylic acids is 1. The number of aromatic nitrogens is 5. The van der Waals surface area contributed by atoms with Crippen molar-refractivity contribution in [3.8, 4) is 55.5 Å².